The van der Waals surface area contributed by atoms with Crippen molar-refractivity contribution in [2.24, 2.45) is 5.92 Å². The molecule has 4 heteroatoms. The zero-order valence-electron chi connectivity index (χ0n) is 12.6. The van der Waals surface area contributed by atoms with Crippen molar-refractivity contribution in [3.05, 3.63) is 11.1 Å². The molecule has 1 saturated heterocycles. The Labute approximate surface area is 121 Å². The second kappa shape index (κ2) is 6.71. The minimum absolute atomic E-state index is 0.420. The molecule has 1 aliphatic rings. The smallest absolute Gasteiger partial charge is 0.185 e. The van der Waals surface area contributed by atoms with Gasteiger partial charge in [0.15, 0.2) is 5.13 Å². The van der Waals surface area contributed by atoms with Gasteiger partial charge in [0.1, 0.15) is 0 Å². The summed E-state index contributed by atoms with van der Waals surface area (Å²) in [5, 5.41) is 4.74. The summed E-state index contributed by atoms with van der Waals surface area (Å²) in [6, 6.07) is 1.04. The Morgan fingerprint density at radius 1 is 1.53 bits per heavy atom. The maximum Gasteiger partial charge on any atom is 0.185 e. The monoisotopic (exact) mass is 281 g/mol. The molecule has 0 aromatic carbocycles. The number of anilines is 1. The highest BCUT2D eigenvalue weighted by molar-refractivity contribution is 7.15. The topological polar surface area (TPSA) is 28.2 Å². The minimum atomic E-state index is 0.420. The number of hydrogen-bond donors (Lipinski definition) is 1. The molecular formula is C15H27N3S. The van der Waals surface area contributed by atoms with Crippen LogP contribution in [0.5, 0.6) is 0 Å². The summed E-state index contributed by atoms with van der Waals surface area (Å²) in [7, 11) is 0. The third-order valence-electron chi connectivity index (χ3n) is 4.26. The lowest BCUT2D eigenvalue weighted by Crippen LogP contribution is -2.42. The fourth-order valence-corrected chi connectivity index (χ4v) is 3.73. The normalized spacial score (nSPS) is 25.6. The highest BCUT2D eigenvalue weighted by Crippen LogP contribution is 2.33. The van der Waals surface area contributed by atoms with Crippen LogP contribution in [0.1, 0.15) is 57.9 Å². The average molecular weight is 281 g/mol. The molecule has 0 radical (unpaired) electrons. The van der Waals surface area contributed by atoms with E-state index in [0.29, 0.717) is 12.1 Å². The van der Waals surface area contributed by atoms with Gasteiger partial charge in [-0.2, -0.15) is 0 Å². The quantitative estimate of drug-likeness (QED) is 0.889. The van der Waals surface area contributed by atoms with Gasteiger partial charge in [-0.05, 0) is 45.6 Å². The van der Waals surface area contributed by atoms with E-state index in [1.807, 2.05) is 11.3 Å². The van der Waals surface area contributed by atoms with Crippen LogP contribution in [0.4, 0.5) is 5.13 Å². The fraction of sp³-hybridized carbons (Fsp3) is 0.800. The van der Waals surface area contributed by atoms with Crippen LogP contribution in [-0.2, 0) is 0 Å². The first-order valence-corrected chi connectivity index (χ1v) is 8.40. The van der Waals surface area contributed by atoms with E-state index in [-0.39, 0.29) is 0 Å². The van der Waals surface area contributed by atoms with Crippen molar-refractivity contribution in [1.82, 2.24) is 10.3 Å². The third kappa shape index (κ3) is 3.48. The zero-order valence-corrected chi connectivity index (χ0v) is 13.5. The predicted molar refractivity (Wildman–Crippen MR) is 84.0 cm³/mol. The van der Waals surface area contributed by atoms with Gasteiger partial charge in [-0.25, -0.2) is 4.98 Å². The van der Waals surface area contributed by atoms with Gasteiger partial charge in [0.05, 0.1) is 0 Å². The van der Waals surface area contributed by atoms with Gasteiger partial charge in [0.25, 0.3) is 0 Å². The highest BCUT2D eigenvalue weighted by atomic mass is 32.1. The van der Waals surface area contributed by atoms with E-state index < -0.39 is 0 Å². The van der Waals surface area contributed by atoms with Gasteiger partial charge >= 0.3 is 0 Å². The molecule has 1 aromatic rings. The van der Waals surface area contributed by atoms with Gasteiger partial charge in [-0.3, -0.25) is 0 Å². The molecule has 0 spiro atoms. The van der Waals surface area contributed by atoms with Crippen LogP contribution in [0.15, 0.2) is 6.20 Å². The molecule has 3 nitrogen and oxygen atoms in total. The van der Waals surface area contributed by atoms with Gasteiger partial charge in [-0.1, -0.05) is 13.8 Å². The number of piperidine rings is 1. The standard InChI is InChI=1S/C15H27N3S/c1-5-8-16-12(3)14-10-17-15(19-14)18-9-6-7-11(2)13(18)4/h10-13,16H,5-9H2,1-4H3. The van der Waals surface area contributed by atoms with Gasteiger partial charge < -0.3 is 10.2 Å². The Balaban J connectivity index is 2.03. The van der Waals surface area contributed by atoms with Crippen molar-refractivity contribution in [2.75, 3.05) is 18.0 Å². The summed E-state index contributed by atoms with van der Waals surface area (Å²) < 4.78 is 0. The first-order chi connectivity index (χ1) is 9.13. The van der Waals surface area contributed by atoms with Crippen molar-refractivity contribution in [3.8, 4) is 0 Å². The fourth-order valence-electron chi connectivity index (χ4n) is 2.68. The van der Waals surface area contributed by atoms with Crippen molar-refractivity contribution < 1.29 is 0 Å². The van der Waals surface area contributed by atoms with Crippen molar-refractivity contribution in [3.63, 3.8) is 0 Å². The lowest BCUT2D eigenvalue weighted by molar-refractivity contribution is 0.363. The molecule has 108 valence electrons. The van der Waals surface area contributed by atoms with Crippen LogP contribution in [0, 0.1) is 5.92 Å². The van der Waals surface area contributed by atoms with Crippen LogP contribution in [0.3, 0.4) is 0 Å². The first kappa shape index (κ1) is 14.8. The zero-order chi connectivity index (χ0) is 13.8. The molecule has 1 aromatic heterocycles. The van der Waals surface area contributed by atoms with E-state index in [0.717, 1.165) is 19.0 Å². The summed E-state index contributed by atoms with van der Waals surface area (Å²) >= 11 is 1.86. The molecule has 3 unspecified atom stereocenters. The maximum absolute atomic E-state index is 4.66. The average Bonchev–Trinajstić information content (AvgIpc) is 2.88. The molecule has 0 amide bonds. The number of aromatic nitrogens is 1. The molecule has 2 rings (SSSR count). The molecule has 1 fully saturated rings. The Bertz CT molecular complexity index is 390. The number of rotatable bonds is 5. The van der Waals surface area contributed by atoms with Crippen molar-refractivity contribution in [1.29, 1.82) is 0 Å². The summed E-state index contributed by atoms with van der Waals surface area (Å²) in [6.07, 6.45) is 5.88. The van der Waals surface area contributed by atoms with Crippen LogP contribution in [0.25, 0.3) is 0 Å². The van der Waals surface area contributed by atoms with E-state index in [9.17, 15) is 0 Å². The lowest BCUT2D eigenvalue weighted by atomic mass is 9.93. The minimum Gasteiger partial charge on any atom is -0.345 e. The lowest BCUT2D eigenvalue weighted by Gasteiger charge is -2.37. The molecule has 3 atom stereocenters. The molecule has 1 N–H and O–H groups in total. The number of hydrogen-bond acceptors (Lipinski definition) is 4. The first-order valence-electron chi connectivity index (χ1n) is 7.59. The molecule has 0 saturated carbocycles. The summed E-state index contributed by atoms with van der Waals surface area (Å²) in [5.41, 5.74) is 0. The molecule has 19 heavy (non-hydrogen) atoms. The van der Waals surface area contributed by atoms with E-state index >= 15 is 0 Å². The second-order valence-corrected chi connectivity index (χ2v) is 6.82. The maximum atomic E-state index is 4.66. The number of nitrogens with one attached hydrogen (secondary N) is 1. The van der Waals surface area contributed by atoms with Crippen LogP contribution >= 0.6 is 11.3 Å². The SMILES string of the molecule is CCCNC(C)c1cnc(N2CCCC(C)C2C)s1. The Morgan fingerprint density at radius 3 is 3.05 bits per heavy atom. The van der Waals surface area contributed by atoms with E-state index in [4.69, 9.17) is 0 Å². The van der Waals surface area contributed by atoms with E-state index in [2.05, 4.69) is 49.1 Å². The van der Waals surface area contributed by atoms with Gasteiger partial charge in [-0.15, -0.1) is 11.3 Å². The molecule has 0 aliphatic carbocycles. The van der Waals surface area contributed by atoms with Gasteiger partial charge in [0, 0.05) is 29.7 Å². The molecule has 1 aliphatic heterocycles. The van der Waals surface area contributed by atoms with Gasteiger partial charge in [0.2, 0.25) is 0 Å². The van der Waals surface area contributed by atoms with Crippen LogP contribution in [0.2, 0.25) is 0 Å². The Hall–Kier alpha value is -0.610. The van der Waals surface area contributed by atoms with Crippen LogP contribution < -0.4 is 10.2 Å². The second-order valence-electron chi connectivity index (χ2n) is 5.77. The summed E-state index contributed by atoms with van der Waals surface area (Å²) in [4.78, 5) is 8.51. The van der Waals surface area contributed by atoms with E-state index in [1.54, 1.807) is 0 Å². The highest BCUT2D eigenvalue weighted by Gasteiger charge is 2.26. The predicted octanol–water partition coefficient (Wildman–Crippen LogP) is 3.83. The Morgan fingerprint density at radius 2 is 2.32 bits per heavy atom. The number of nitrogens with zero attached hydrogens (tertiary/aromatic N) is 2. The molecule has 2 heterocycles. The van der Waals surface area contributed by atoms with Crippen molar-refractivity contribution in [2.45, 2.75) is 59.0 Å². The molecule has 0 bridgehead atoms. The summed E-state index contributed by atoms with van der Waals surface area (Å²) in [6.45, 7) is 11.4. The largest absolute Gasteiger partial charge is 0.345 e. The van der Waals surface area contributed by atoms with E-state index in [1.165, 1.54) is 29.3 Å². The molecular weight excluding hydrogens is 254 g/mol. The third-order valence-corrected chi connectivity index (χ3v) is 5.48. The Kier molecular flexibility index (Phi) is 5.22. The summed E-state index contributed by atoms with van der Waals surface area (Å²) in [5.74, 6) is 0.775. The van der Waals surface area contributed by atoms with Crippen LogP contribution in [-0.4, -0.2) is 24.1 Å². The van der Waals surface area contributed by atoms with Crippen molar-refractivity contribution >= 4 is 16.5 Å². The number of thiazole rings is 1.